The summed E-state index contributed by atoms with van der Waals surface area (Å²) in [5, 5.41) is 9.47. The number of phenolic OH excluding ortho intramolecular Hbond substituents is 1. The molecule has 2 unspecified atom stereocenters. The molecule has 2 rings (SSSR count). The van der Waals surface area contributed by atoms with E-state index < -0.39 is 5.41 Å². The first-order valence-electron chi connectivity index (χ1n) is 8.88. The largest absolute Gasteiger partial charge is 0.508 e. The summed E-state index contributed by atoms with van der Waals surface area (Å²) in [6.45, 7) is 7.90. The van der Waals surface area contributed by atoms with Crippen LogP contribution >= 0.6 is 0 Å². The SMILES string of the molecule is CCC(CC(C)(C)C(=O)OC(C)c1ccccc1)c1ccc(O)cc1. The van der Waals surface area contributed by atoms with E-state index >= 15 is 0 Å². The fourth-order valence-electron chi connectivity index (χ4n) is 3.06. The fraction of sp³-hybridized carbons (Fsp3) is 0.409. The van der Waals surface area contributed by atoms with E-state index in [2.05, 4.69) is 6.92 Å². The molecule has 2 aromatic rings. The van der Waals surface area contributed by atoms with E-state index in [1.54, 1.807) is 12.1 Å². The molecule has 0 saturated heterocycles. The zero-order valence-corrected chi connectivity index (χ0v) is 15.5. The molecule has 0 amide bonds. The van der Waals surface area contributed by atoms with Crippen molar-refractivity contribution < 1.29 is 14.6 Å². The molecule has 25 heavy (non-hydrogen) atoms. The molecule has 134 valence electrons. The van der Waals surface area contributed by atoms with Crippen LogP contribution in [0.1, 0.15) is 63.7 Å². The minimum absolute atomic E-state index is 0.180. The molecule has 0 fully saturated rings. The minimum atomic E-state index is -0.582. The van der Waals surface area contributed by atoms with Crippen molar-refractivity contribution in [2.75, 3.05) is 0 Å². The lowest BCUT2D eigenvalue weighted by Crippen LogP contribution is -2.29. The van der Waals surface area contributed by atoms with Gasteiger partial charge in [-0.15, -0.1) is 0 Å². The predicted molar refractivity (Wildman–Crippen MR) is 100 cm³/mol. The van der Waals surface area contributed by atoms with Crippen molar-refractivity contribution in [3.05, 3.63) is 65.7 Å². The van der Waals surface area contributed by atoms with Gasteiger partial charge in [0.1, 0.15) is 11.9 Å². The normalized spacial score (nSPS) is 13.9. The Morgan fingerprint density at radius 2 is 1.64 bits per heavy atom. The second kappa shape index (κ2) is 8.19. The highest BCUT2D eigenvalue weighted by atomic mass is 16.5. The first kappa shape index (κ1) is 19.0. The molecule has 2 aromatic carbocycles. The lowest BCUT2D eigenvalue weighted by Gasteiger charge is -2.29. The van der Waals surface area contributed by atoms with Crippen molar-refractivity contribution in [2.45, 2.75) is 52.6 Å². The van der Waals surface area contributed by atoms with Crippen LogP contribution in [0.15, 0.2) is 54.6 Å². The van der Waals surface area contributed by atoms with Gasteiger partial charge < -0.3 is 9.84 Å². The highest BCUT2D eigenvalue weighted by Gasteiger charge is 2.33. The van der Waals surface area contributed by atoms with Gasteiger partial charge in [-0.25, -0.2) is 0 Å². The van der Waals surface area contributed by atoms with Crippen LogP contribution in [0.5, 0.6) is 5.75 Å². The number of hydrogen-bond acceptors (Lipinski definition) is 3. The number of phenols is 1. The average molecular weight is 340 g/mol. The van der Waals surface area contributed by atoms with E-state index in [9.17, 15) is 9.90 Å². The van der Waals surface area contributed by atoms with Gasteiger partial charge in [0.25, 0.3) is 0 Å². The average Bonchev–Trinajstić information content (AvgIpc) is 2.61. The predicted octanol–water partition coefficient (Wildman–Crippen LogP) is 5.61. The van der Waals surface area contributed by atoms with Gasteiger partial charge in [-0.2, -0.15) is 0 Å². The quantitative estimate of drug-likeness (QED) is 0.667. The number of ether oxygens (including phenoxy) is 1. The van der Waals surface area contributed by atoms with Gasteiger partial charge in [0, 0.05) is 0 Å². The number of carbonyl (C=O) groups is 1. The molecule has 0 heterocycles. The second-order valence-electron chi connectivity index (χ2n) is 7.24. The summed E-state index contributed by atoms with van der Waals surface area (Å²) in [5.74, 6) is 0.324. The van der Waals surface area contributed by atoms with E-state index in [4.69, 9.17) is 4.74 Å². The zero-order chi connectivity index (χ0) is 18.4. The maximum absolute atomic E-state index is 12.7. The van der Waals surface area contributed by atoms with Crippen molar-refractivity contribution in [3.8, 4) is 5.75 Å². The highest BCUT2D eigenvalue weighted by molar-refractivity contribution is 5.76. The van der Waals surface area contributed by atoms with Gasteiger partial charge in [-0.1, -0.05) is 49.4 Å². The summed E-state index contributed by atoms with van der Waals surface area (Å²) in [6, 6.07) is 17.0. The molecule has 3 nitrogen and oxygen atoms in total. The van der Waals surface area contributed by atoms with Crippen molar-refractivity contribution in [1.82, 2.24) is 0 Å². The minimum Gasteiger partial charge on any atom is -0.508 e. The Hall–Kier alpha value is -2.29. The van der Waals surface area contributed by atoms with Crippen LogP contribution in [0, 0.1) is 5.41 Å². The van der Waals surface area contributed by atoms with E-state index in [0.29, 0.717) is 6.42 Å². The molecule has 0 bridgehead atoms. The molecular formula is C22H28O3. The Labute approximate surface area is 150 Å². The topological polar surface area (TPSA) is 46.5 Å². The monoisotopic (exact) mass is 340 g/mol. The third-order valence-electron chi connectivity index (χ3n) is 4.72. The van der Waals surface area contributed by atoms with E-state index in [1.165, 1.54) is 0 Å². The van der Waals surface area contributed by atoms with Crippen LogP contribution in [-0.2, 0) is 9.53 Å². The number of hydrogen-bond donors (Lipinski definition) is 1. The maximum atomic E-state index is 12.7. The van der Waals surface area contributed by atoms with E-state index in [-0.39, 0.29) is 23.7 Å². The molecule has 3 heteroatoms. The number of benzene rings is 2. The fourth-order valence-corrected chi connectivity index (χ4v) is 3.06. The molecule has 0 aliphatic heterocycles. The highest BCUT2D eigenvalue weighted by Crippen LogP contribution is 2.36. The summed E-state index contributed by atoms with van der Waals surface area (Å²) in [6.07, 6.45) is 1.37. The van der Waals surface area contributed by atoms with Gasteiger partial charge in [0.15, 0.2) is 0 Å². The Kier molecular flexibility index (Phi) is 6.24. The van der Waals surface area contributed by atoms with Gasteiger partial charge in [0.2, 0.25) is 0 Å². The Bertz CT molecular complexity index is 674. The molecule has 0 aliphatic carbocycles. The van der Waals surface area contributed by atoms with Gasteiger partial charge in [-0.3, -0.25) is 4.79 Å². The number of aromatic hydroxyl groups is 1. The molecule has 0 aliphatic rings. The molecule has 0 saturated carbocycles. The van der Waals surface area contributed by atoms with Crippen LogP contribution in [0.25, 0.3) is 0 Å². The Balaban J connectivity index is 2.05. The Morgan fingerprint density at radius 3 is 2.20 bits per heavy atom. The lowest BCUT2D eigenvalue weighted by molar-refractivity contribution is -0.159. The second-order valence-corrected chi connectivity index (χ2v) is 7.24. The van der Waals surface area contributed by atoms with Crippen LogP contribution in [0.2, 0.25) is 0 Å². The number of esters is 1. The van der Waals surface area contributed by atoms with Gasteiger partial charge in [-0.05, 0) is 62.8 Å². The summed E-state index contributed by atoms with van der Waals surface area (Å²) in [4.78, 5) is 12.7. The molecule has 0 radical (unpaired) electrons. The Morgan fingerprint density at radius 1 is 1.04 bits per heavy atom. The first-order valence-corrected chi connectivity index (χ1v) is 8.88. The van der Waals surface area contributed by atoms with Crippen LogP contribution in [-0.4, -0.2) is 11.1 Å². The molecule has 1 N–H and O–H groups in total. The van der Waals surface area contributed by atoms with E-state index in [0.717, 1.165) is 17.5 Å². The molecular weight excluding hydrogens is 312 g/mol. The summed E-state index contributed by atoms with van der Waals surface area (Å²) < 4.78 is 5.72. The lowest BCUT2D eigenvalue weighted by atomic mass is 9.79. The maximum Gasteiger partial charge on any atom is 0.312 e. The van der Waals surface area contributed by atoms with E-state index in [1.807, 2.05) is 63.2 Å². The zero-order valence-electron chi connectivity index (χ0n) is 15.5. The molecule has 0 spiro atoms. The van der Waals surface area contributed by atoms with Gasteiger partial charge >= 0.3 is 5.97 Å². The third kappa shape index (κ3) is 5.09. The molecule has 2 atom stereocenters. The number of rotatable bonds is 7. The van der Waals surface area contributed by atoms with Crippen molar-refractivity contribution in [3.63, 3.8) is 0 Å². The summed E-state index contributed by atoms with van der Waals surface area (Å²) in [5.41, 5.74) is 1.55. The smallest absolute Gasteiger partial charge is 0.312 e. The van der Waals surface area contributed by atoms with Crippen LogP contribution in [0.4, 0.5) is 0 Å². The third-order valence-corrected chi connectivity index (χ3v) is 4.72. The molecule has 0 aromatic heterocycles. The van der Waals surface area contributed by atoms with Crippen molar-refractivity contribution >= 4 is 5.97 Å². The van der Waals surface area contributed by atoms with Gasteiger partial charge in [0.05, 0.1) is 5.41 Å². The summed E-state index contributed by atoms with van der Waals surface area (Å²) in [7, 11) is 0. The standard InChI is InChI=1S/C22H28O3/c1-5-17(19-11-13-20(23)14-12-19)15-22(3,4)21(24)25-16(2)18-9-7-6-8-10-18/h6-14,16-17,23H,5,15H2,1-4H3. The first-order chi connectivity index (χ1) is 11.8. The van der Waals surface area contributed by atoms with Crippen LogP contribution < -0.4 is 0 Å². The van der Waals surface area contributed by atoms with Crippen molar-refractivity contribution in [2.24, 2.45) is 5.41 Å². The summed E-state index contributed by atoms with van der Waals surface area (Å²) >= 11 is 0. The van der Waals surface area contributed by atoms with Crippen molar-refractivity contribution in [1.29, 1.82) is 0 Å². The number of carbonyl (C=O) groups excluding carboxylic acids is 1. The van der Waals surface area contributed by atoms with Crippen LogP contribution in [0.3, 0.4) is 0 Å².